The first kappa shape index (κ1) is 13.7. The van der Waals surface area contributed by atoms with Crippen LogP contribution in [0.2, 0.25) is 0 Å². The van der Waals surface area contributed by atoms with Crippen LogP contribution in [0, 0.1) is 13.8 Å². The third-order valence-corrected chi connectivity index (χ3v) is 2.85. The molecule has 4 nitrogen and oxygen atoms in total. The third-order valence-electron chi connectivity index (χ3n) is 2.85. The molecule has 96 valence electrons. The summed E-state index contributed by atoms with van der Waals surface area (Å²) < 4.78 is 5.08. The Labute approximate surface area is 103 Å². The van der Waals surface area contributed by atoms with E-state index in [4.69, 9.17) is 4.52 Å². The molecule has 1 amide bonds. The molecule has 1 rings (SSSR count). The van der Waals surface area contributed by atoms with Crippen LogP contribution in [0.15, 0.2) is 4.52 Å². The van der Waals surface area contributed by atoms with Crippen molar-refractivity contribution >= 4 is 5.91 Å². The van der Waals surface area contributed by atoms with Gasteiger partial charge in [0.2, 0.25) is 5.91 Å². The monoisotopic (exact) mass is 238 g/mol. The van der Waals surface area contributed by atoms with E-state index in [0.29, 0.717) is 6.42 Å². The fourth-order valence-electron chi connectivity index (χ4n) is 1.92. The van der Waals surface area contributed by atoms with Crippen LogP contribution in [-0.2, 0) is 11.2 Å². The number of aromatic nitrogens is 1. The van der Waals surface area contributed by atoms with Crippen LogP contribution in [0.5, 0.6) is 0 Å². The molecular formula is C13H22N2O2. The summed E-state index contributed by atoms with van der Waals surface area (Å²) in [4.78, 5) is 14.1. The Kier molecular flexibility index (Phi) is 5.19. The highest BCUT2D eigenvalue weighted by Gasteiger charge is 2.17. The lowest BCUT2D eigenvalue weighted by molar-refractivity contribution is -0.130. The summed E-state index contributed by atoms with van der Waals surface area (Å²) in [6.45, 7) is 9.57. The van der Waals surface area contributed by atoms with Crippen molar-refractivity contribution in [1.82, 2.24) is 10.1 Å². The first-order valence-electron chi connectivity index (χ1n) is 6.29. The van der Waals surface area contributed by atoms with Crippen molar-refractivity contribution in [3.63, 3.8) is 0 Å². The van der Waals surface area contributed by atoms with Crippen molar-refractivity contribution in [1.29, 1.82) is 0 Å². The van der Waals surface area contributed by atoms with Crippen molar-refractivity contribution in [3.8, 4) is 0 Å². The summed E-state index contributed by atoms with van der Waals surface area (Å²) in [6, 6.07) is 0. The van der Waals surface area contributed by atoms with Gasteiger partial charge >= 0.3 is 0 Å². The summed E-state index contributed by atoms with van der Waals surface area (Å²) in [5.41, 5.74) is 1.76. The molecule has 1 heterocycles. The zero-order valence-corrected chi connectivity index (χ0v) is 11.2. The number of hydrogen-bond donors (Lipinski definition) is 0. The molecule has 0 saturated heterocycles. The van der Waals surface area contributed by atoms with E-state index in [0.717, 1.165) is 42.9 Å². The van der Waals surface area contributed by atoms with Crippen LogP contribution in [-0.4, -0.2) is 29.1 Å². The number of nitrogens with zero attached hydrogens (tertiary/aromatic N) is 2. The second-order valence-electron chi connectivity index (χ2n) is 4.36. The third kappa shape index (κ3) is 3.58. The second-order valence-corrected chi connectivity index (χ2v) is 4.36. The molecular weight excluding hydrogens is 216 g/mol. The highest BCUT2D eigenvalue weighted by atomic mass is 16.5. The minimum atomic E-state index is 0.170. The predicted molar refractivity (Wildman–Crippen MR) is 66.8 cm³/mol. The van der Waals surface area contributed by atoms with E-state index in [-0.39, 0.29) is 5.91 Å². The van der Waals surface area contributed by atoms with Crippen LogP contribution in [0.25, 0.3) is 0 Å². The standard InChI is InChI=1S/C13H22N2O2/c1-5-7-15(8-6-2)13(16)9-12-10(3)14-17-11(12)4/h5-9H2,1-4H3. The van der Waals surface area contributed by atoms with E-state index < -0.39 is 0 Å². The van der Waals surface area contributed by atoms with E-state index in [1.54, 1.807) is 0 Å². The van der Waals surface area contributed by atoms with Gasteiger partial charge in [-0.3, -0.25) is 4.79 Å². The van der Waals surface area contributed by atoms with E-state index >= 15 is 0 Å². The molecule has 0 aromatic carbocycles. The molecule has 0 aliphatic rings. The molecule has 0 atom stereocenters. The highest BCUT2D eigenvalue weighted by Crippen LogP contribution is 2.14. The van der Waals surface area contributed by atoms with E-state index in [1.807, 2.05) is 18.7 Å². The summed E-state index contributed by atoms with van der Waals surface area (Å²) in [6.07, 6.45) is 2.39. The molecule has 1 aromatic heterocycles. The lowest BCUT2D eigenvalue weighted by Crippen LogP contribution is -2.33. The molecule has 4 heteroatoms. The van der Waals surface area contributed by atoms with E-state index in [1.165, 1.54) is 0 Å². The fourth-order valence-corrected chi connectivity index (χ4v) is 1.92. The van der Waals surface area contributed by atoms with Crippen LogP contribution < -0.4 is 0 Å². The Balaban J connectivity index is 2.69. The number of carbonyl (C=O) groups is 1. The Bertz CT molecular complexity index is 346. The van der Waals surface area contributed by atoms with Gasteiger partial charge in [-0.1, -0.05) is 19.0 Å². The Morgan fingerprint density at radius 2 is 1.82 bits per heavy atom. The molecule has 0 unspecified atom stereocenters. The number of carbonyl (C=O) groups excluding carboxylic acids is 1. The fraction of sp³-hybridized carbons (Fsp3) is 0.692. The molecule has 0 aliphatic heterocycles. The van der Waals surface area contributed by atoms with Gasteiger partial charge in [-0.2, -0.15) is 0 Å². The molecule has 17 heavy (non-hydrogen) atoms. The lowest BCUT2D eigenvalue weighted by Gasteiger charge is -2.21. The Morgan fingerprint density at radius 3 is 2.24 bits per heavy atom. The molecule has 0 fully saturated rings. The highest BCUT2D eigenvalue weighted by molar-refractivity contribution is 5.79. The first-order chi connectivity index (χ1) is 8.10. The minimum absolute atomic E-state index is 0.170. The number of hydrogen-bond acceptors (Lipinski definition) is 3. The molecule has 1 aromatic rings. The van der Waals surface area contributed by atoms with Gasteiger partial charge in [0.05, 0.1) is 12.1 Å². The van der Waals surface area contributed by atoms with Gasteiger partial charge in [-0.15, -0.1) is 0 Å². The van der Waals surface area contributed by atoms with Gasteiger partial charge in [0.25, 0.3) is 0 Å². The maximum atomic E-state index is 12.2. The first-order valence-corrected chi connectivity index (χ1v) is 6.29. The minimum Gasteiger partial charge on any atom is -0.361 e. The summed E-state index contributed by atoms with van der Waals surface area (Å²) in [5, 5.41) is 3.87. The zero-order chi connectivity index (χ0) is 12.8. The quantitative estimate of drug-likeness (QED) is 0.765. The van der Waals surface area contributed by atoms with E-state index in [9.17, 15) is 4.79 Å². The normalized spacial score (nSPS) is 10.6. The zero-order valence-electron chi connectivity index (χ0n) is 11.2. The van der Waals surface area contributed by atoms with Crippen molar-refractivity contribution in [2.24, 2.45) is 0 Å². The molecule has 0 radical (unpaired) electrons. The maximum absolute atomic E-state index is 12.2. The average Bonchev–Trinajstić information content (AvgIpc) is 2.60. The Morgan fingerprint density at radius 1 is 1.24 bits per heavy atom. The second kappa shape index (κ2) is 6.42. The lowest BCUT2D eigenvalue weighted by atomic mass is 10.1. The molecule has 0 aliphatic carbocycles. The van der Waals surface area contributed by atoms with Crippen molar-refractivity contribution in [3.05, 3.63) is 17.0 Å². The maximum Gasteiger partial charge on any atom is 0.227 e. The van der Waals surface area contributed by atoms with Crippen LogP contribution in [0.4, 0.5) is 0 Å². The number of aryl methyl sites for hydroxylation is 2. The molecule has 0 N–H and O–H groups in total. The van der Waals surface area contributed by atoms with Gasteiger partial charge in [0.1, 0.15) is 5.76 Å². The largest absolute Gasteiger partial charge is 0.361 e. The van der Waals surface area contributed by atoms with Gasteiger partial charge < -0.3 is 9.42 Å². The molecule has 0 bridgehead atoms. The predicted octanol–water partition coefficient (Wildman–Crippen LogP) is 2.48. The van der Waals surface area contributed by atoms with Gasteiger partial charge in [-0.05, 0) is 26.7 Å². The molecule has 0 spiro atoms. The average molecular weight is 238 g/mol. The summed E-state index contributed by atoms with van der Waals surface area (Å²) >= 11 is 0. The summed E-state index contributed by atoms with van der Waals surface area (Å²) in [5.74, 6) is 0.923. The smallest absolute Gasteiger partial charge is 0.227 e. The van der Waals surface area contributed by atoms with Gasteiger partial charge in [0, 0.05) is 18.7 Å². The van der Waals surface area contributed by atoms with Crippen LogP contribution in [0.3, 0.4) is 0 Å². The van der Waals surface area contributed by atoms with E-state index in [2.05, 4.69) is 19.0 Å². The van der Waals surface area contributed by atoms with Crippen molar-refractivity contribution in [2.75, 3.05) is 13.1 Å². The van der Waals surface area contributed by atoms with Crippen molar-refractivity contribution in [2.45, 2.75) is 47.0 Å². The number of rotatable bonds is 6. The SMILES string of the molecule is CCCN(CCC)C(=O)Cc1c(C)noc1C. The van der Waals surface area contributed by atoms with Crippen molar-refractivity contribution < 1.29 is 9.32 Å². The van der Waals surface area contributed by atoms with Gasteiger partial charge in [-0.25, -0.2) is 0 Å². The van der Waals surface area contributed by atoms with Gasteiger partial charge in [0.15, 0.2) is 0 Å². The van der Waals surface area contributed by atoms with Crippen LogP contribution in [0.1, 0.15) is 43.7 Å². The summed E-state index contributed by atoms with van der Waals surface area (Å²) in [7, 11) is 0. The Hall–Kier alpha value is -1.32. The number of amides is 1. The topological polar surface area (TPSA) is 46.3 Å². The van der Waals surface area contributed by atoms with Crippen LogP contribution >= 0.6 is 0 Å². The molecule has 0 saturated carbocycles.